The Labute approximate surface area is 195 Å². The summed E-state index contributed by atoms with van der Waals surface area (Å²) in [5.74, 6) is 1.33. The minimum absolute atomic E-state index is 0.0873. The quantitative estimate of drug-likeness (QED) is 0.366. The summed E-state index contributed by atoms with van der Waals surface area (Å²) in [6, 6.07) is 16.2. The minimum atomic E-state index is 0.0873. The van der Waals surface area contributed by atoms with Gasteiger partial charge in [-0.05, 0) is 51.0 Å². The zero-order chi connectivity index (χ0) is 22.1. The molecule has 1 aliphatic rings. The molecule has 0 bridgehead atoms. The van der Waals surface area contributed by atoms with Crippen LogP contribution in [0.4, 0.5) is 0 Å². The number of para-hydroxylation sites is 1. The minimum Gasteiger partial charge on any atom is -0.486 e. The van der Waals surface area contributed by atoms with Crippen LogP contribution >= 0.6 is 22.7 Å². The summed E-state index contributed by atoms with van der Waals surface area (Å²) >= 11 is 3.23. The van der Waals surface area contributed by atoms with Gasteiger partial charge in [-0.1, -0.05) is 29.8 Å². The molecular weight excluding hydrogens is 438 g/mol. The SMILES string of the molecule is Cc1ccc(OCc2nc(C)c(C(=O)N3CCC(c4nc5ccccc5s4)CC3)s2)cc1. The van der Waals surface area contributed by atoms with Crippen molar-refractivity contribution < 1.29 is 9.53 Å². The van der Waals surface area contributed by atoms with Crippen LogP contribution < -0.4 is 4.74 Å². The van der Waals surface area contributed by atoms with Crippen molar-refractivity contribution in [2.24, 2.45) is 0 Å². The lowest BCUT2D eigenvalue weighted by Crippen LogP contribution is -2.37. The van der Waals surface area contributed by atoms with E-state index >= 15 is 0 Å². The van der Waals surface area contributed by atoms with E-state index < -0.39 is 0 Å². The second-order valence-corrected chi connectivity index (χ2v) is 10.4. The second kappa shape index (κ2) is 9.00. The van der Waals surface area contributed by atoms with Crippen molar-refractivity contribution in [2.75, 3.05) is 13.1 Å². The van der Waals surface area contributed by atoms with E-state index in [4.69, 9.17) is 9.72 Å². The maximum Gasteiger partial charge on any atom is 0.265 e. The molecule has 0 N–H and O–H groups in total. The van der Waals surface area contributed by atoms with E-state index in [0.717, 1.165) is 52.8 Å². The van der Waals surface area contributed by atoms with Gasteiger partial charge in [0.1, 0.15) is 22.2 Å². The van der Waals surface area contributed by atoms with Gasteiger partial charge in [0.05, 0.1) is 20.9 Å². The van der Waals surface area contributed by atoms with Gasteiger partial charge in [0.15, 0.2) is 0 Å². The van der Waals surface area contributed by atoms with E-state index in [1.165, 1.54) is 26.6 Å². The molecule has 0 saturated carbocycles. The first kappa shape index (κ1) is 21.1. The Morgan fingerprint density at radius 3 is 2.53 bits per heavy atom. The maximum atomic E-state index is 13.2. The zero-order valence-corrected chi connectivity index (χ0v) is 19.8. The fourth-order valence-corrected chi connectivity index (χ4v) is 6.11. The Hall–Kier alpha value is -2.77. The number of nitrogens with zero attached hydrogens (tertiary/aromatic N) is 3. The largest absolute Gasteiger partial charge is 0.486 e. The normalized spacial score (nSPS) is 14.8. The van der Waals surface area contributed by atoms with Crippen molar-refractivity contribution in [2.45, 2.75) is 39.2 Å². The molecule has 5 nitrogen and oxygen atoms in total. The number of benzene rings is 2. The molecule has 164 valence electrons. The van der Waals surface area contributed by atoms with Crippen molar-refractivity contribution in [3.05, 3.63) is 74.7 Å². The number of fused-ring (bicyclic) bond motifs is 1. The van der Waals surface area contributed by atoms with E-state index in [-0.39, 0.29) is 5.91 Å². The van der Waals surface area contributed by atoms with Gasteiger partial charge in [0.25, 0.3) is 5.91 Å². The van der Waals surface area contributed by atoms with Crippen LogP contribution in [0, 0.1) is 13.8 Å². The Morgan fingerprint density at radius 2 is 1.78 bits per heavy atom. The van der Waals surface area contributed by atoms with Gasteiger partial charge in [0, 0.05) is 19.0 Å². The first-order valence-electron chi connectivity index (χ1n) is 10.9. The van der Waals surface area contributed by atoms with E-state index in [9.17, 15) is 4.79 Å². The maximum absolute atomic E-state index is 13.2. The first-order valence-corrected chi connectivity index (χ1v) is 12.5. The van der Waals surface area contributed by atoms with Gasteiger partial charge in [-0.25, -0.2) is 9.97 Å². The lowest BCUT2D eigenvalue weighted by atomic mass is 9.97. The summed E-state index contributed by atoms with van der Waals surface area (Å²) in [5.41, 5.74) is 3.06. The van der Waals surface area contributed by atoms with Crippen molar-refractivity contribution in [1.82, 2.24) is 14.9 Å². The van der Waals surface area contributed by atoms with E-state index in [0.29, 0.717) is 12.5 Å². The number of hydrogen-bond donors (Lipinski definition) is 0. The first-order chi connectivity index (χ1) is 15.6. The molecule has 0 spiro atoms. The number of carbonyl (C=O) groups excluding carboxylic acids is 1. The fourth-order valence-electron chi connectivity index (χ4n) is 4.03. The number of amides is 1. The van der Waals surface area contributed by atoms with Crippen LogP contribution in [0.2, 0.25) is 0 Å². The van der Waals surface area contributed by atoms with Gasteiger partial charge in [-0.2, -0.15) is 0 Å². The molecule has 1 saturated heterocycles. The van der Waals surface area contributed by atoms with Crippen LogP contribution in [0.5, 0.6) is 5.75 Å². The molecule has 1 aliphatic heterocycles. The highest BCUT2D eigenvalue weighted by atomic mass is 32.1. The summed E-state index contributed by atoms with van der Waals surface area (Å²) in [7, 11) is 0. The molecule has 7 heteroatoms. The summed E-state index contributed by atoms with van der Waals surface area (Å²) < 4.78 is 7.08. The molecule has 32 heavy (non-hydrogen) atoms. The smallest absolute Gasteiger partial charge is 0.265 e. The number of thiazole rings is 2. The highest BCUT2D eigenvalue weighted by Gasteiger charge is 2.28. The molecule has 2 aromatic carbocycles. The van der Waals surface area contributed by atoms with Crippen LogP contribution in [-0.4, -0.2) is 33.9 Å². The third-order valence-electron chi connectivity index (χ3n) is 5.86. The van der Waals surface area contributed by atoms with E-state index in [1.54, 1.807) is 11.3 Å². The molecule has 0 unspecified atom stereocenters. The fraction of sp³-hybridized carbons (Fsp3) is 0.320. The standard InChI is InChI=1S/C25H25N3O2S2/c1-16-7-9-19(10-8-16)30-15-22-26-17(2)23(32-22)25(29)28-13-11-18(12-14-28)24-27-20-5-3-4-6-21(20)31-24/h3-10,18H,11-15H2,1-2H3. The number of rotatable bonds is 5. The van der Waals surface area contributed by atoms with Gasteiger partial charge in [-0.3, -0.25) is 4.79 Å². The molecular formula is C25H25N3O2S2. The molecule has 1 amide bonds. The topological polar surface area (TPSA) is 55.3 Å². The van der Waals surface area contributed by atoms with Crippen LogP contribution in [0.15, 0.2) is 48.5 Å². The number of aromatic nitrogens is 2. The molecule has 4 aromatic rings. The van der Waals surface area contributed by atoms with Crippen LogP contribution in [0.1, 0.15) is 49.7 Å². The van der Waals surface area contributed by atoms with Gasteiger partial charge in [-0.15, -0.1) is 22.7 Å². The highest BCUT2D eigenvalue weighted by Crippen LogP contribution is 2.34. The summed E-state index contributed by atoms with van der Waals surface area (Å²) in [4.78, 5) is 25.3. The lowest BCUT2D eigenvalue weighted by Gasteiger charge is -2.30. The van der Waals surface area contributed by atoms with Crippen LogP contribution in [0.25, 0.3) is 10.2 Å². The molecule has 2 aromatic heterocycles. The average Bonchev–Trinajstić information content (AvgIpc) is 3.42. The number of carbonyl (C=O) groups is 1. The Morgan fingerprint density at radius 1 is 1.03 bits per heavy atom. The number of hydrogen-bond acceptors (Lipinski definition) is 6. The van der Waals surface area contributed by atoms with Crippen LogP contribution in [-0.2, 0) is 6.61 Å². The number of likely N-dealkylation sites (tertiary alicyclic amines) is 1. The highest BCUT2D eigenvalue weighted by molar-refractivity contribution is 7.18. The average molecular weight is 464 g/mol. The Kier molecular flexibility index (Phi) is 5.93. The molecule has 0 atom stereocenters. The molecule has 0 radical (unpaired) electrons. The lowest BCUT2D eigenvalue weighted by molar-refractivity contribution is 0.0717. The number of ether oxygens (including phenoxy) is 1. The monoisotopic (exact) mass is 463 g/mol. The third kappa shape index (κ3) is 4.40. The molecule has 3 heterocycles. The number of piperidine rings is 1. The Bertz CT molecular complexity index is 1200. The van der Waals surface area contributed by atoms with Crippen molar-refractivity contribution in [1.29, 1.82) is 0 Å². The summed E-state index contributed by atoms with van der Waals surface area (Å²) in [6.45, 7) is 5.85. The van der Waals surface area contributed by atoms with Gasteiger partial charge >= 0.3 is 0 Å². The predicted molar refractivity (Wildman–Crippen MR) is 130 cm³/mol. The zero-order valence-electron chi connectivity index (χ0n) is 18.2. The van der Waals surface area contributed by atoms with Gasteiger partial charge < -0.3 is 9.64 Å². The molecule has 1 fully saturated rings. The second-order valence-electron chi connectivity index (χ2n) is 8.21. The summed E-state index contributed by atoms with van der Waals surface area (Å²) in [6.07, 6.45) is 1.90. The number of aryl methyl sites for hydroxylation is 2. The summed E-state index contributed by atoms with van der Waals surface area (Å²) in [5, 5.41) is 2.03. The van der Waals surface area contributed by atoms with Crippen molar-refractivity contribution >= 4 is 38.8 Å². The predicted octanol–water partition coefficient (Wildman–Crippen LogP) is 5.97. The Balaban J connectivity index is 1.20. The van der Waals surface area contributed by atoms with Gasteiger partial charge in [0.2, 0.25) is 0 Å². The van der Waals surface area contributed by atoms with E-state index in [2.05, 4.69) is 23.2 Å². The van der Waals surface area contributed by atoms with Crippen molar-refractivity contribution in [3.8, 4) is 5.75 Å². The third-order valence-corrected chi connectivity index (χ3v) is 8.18. The molecule has 0 aliphatic carbocycles. The van der Waals surface area contributed by atoms with E-state index in [1.807, 2.05) is 49.1 Å². The van der Waals surface area contributed by atoms with Crippen molar-refractivity contribution in [3.63, 3.8) is 0 Å². The molecule has 5 rings (SSSR count). The van der Waals surface area contributed by atoms with Crippen LogP contribution in [0.3, 0.4) is 0 Å².